The molecule has 0 radical (unpaired) electrons. The van der Waals surface area contributed by atoms with Crippen LogP contribution in [0.4, 0.5) is 0 Å². The lowest BCUT2D eigenvalue weighted by Crippen LogP contribution is -2.72. The number of hydrogen-bond acceptors (Lipinski definition) is 14. The molecule has 0 aromatic carbocycles. The molecule has 0 bridgehead atoms. The summed E-state index contributed by atoms with van der Waals surface area (Å²) >= 11 is 0. The molecule has 2 aliphatic heterocycles. The summed E-state index contributed by atoms with van der Waals surface area (Å²) in [7, 11) is -1.20. The lowest BCUT2D eigenvalue weighted by atomic mass is 9.83. The predicted molar refractivity (Wildman–Crippen MR) is 134 cm³/mol. The van der Waals surface area contributed by atoms with E-state index in [2.05, 4.69) is 10.6 Å². The van der Waals surface area contributed by atoms with Gasteiger partial charge in [0, 0.05) is 12.1 Å². The Bertz CT molecular complexity index is 833. The molecular formula is C21H45N5O11S. The van der Waals surface area contributed by atoms with E-state index in [1.807, 2.05) is 14.0 Å². The van der Waals surface area contributed by atoms with Crippen LogP contribution in [0.1, 0.15) is 39.5 Å². The maximum atomic E-state index is 11.1. The molecule has 17 heteroatoms. The minimum Gasteiger partial charge on any atom is -0.387 e. The average Bonchev–Trinajstić information content (AvgIpc) is 2.79. The van der Waals surface area contributed by atoms with Crippen LogP contribution >= 0.6 is 0 Å². The number of aliphatic hydroxyl groups is 3. The van der Waals surface area contributed by atoms with Crippen LogP contribution in [0.2, 0.25) is 0 Å². The van der Waals surface area contributed by atoms with Gasteiger partial charge in [-0.15, -0.1) is 0 Å². The van der Waals surface area contributed by atoms with E-state index < -0.39 is 64.7 Å². The topological polar surface area (TPSA) is 274 Å². The molecule has 1 aliphatic carbocycles. The SMILES string of the molecule is CNC(C)[C@@H]1CC[C@@H](N)[C@@H](O[C@]2(O[C@H]3OC[C@](C)(O)[C@H](NC)[C@@H]3O)[C@H](N)C[C@H](N)C[C@H]2O)O1.O=S(=O)(O)O. The number of aliphatic hydroxyl groups excluding tert-OH is 2. The van der Waals surface area contributed by atoms with Gasteiger partial charge >= 0.3 is 10.4 Å². The van der Waals surface area contributed by atoms with E-state index in [0.29, 0.717) is 12.8 Å². The quantitative estimate of drug-likeness (QED) is 0.104. The average molecular weight is 576 g/mol. The Kier molecular flexibility index (Phi) is 11.8. The lowest BCUT2D eigenvalue weighted by molar-refractivity contribution is -0.418. The minimum absolute atomic E-state index is 0.0564. The first-order valence-electron chi connectivity index (χ1n) is 12.5. The molecular weight excluding hydrogens is 530 g/mol. The molecule has 0 aromatic heterocycles. The van der Waals surface area contributed by atoms with E-state index in [4.69, 9.17) is 53.7 Å². The summed E-state index contributed by atoms with van der Waals surface area (Å²) in [5.74, 6) is -1.78. The summed E-state index contributed by atoms with van der Waals surface area (Å²) in [6.45, 7) is 3.45. The van der Waals surface area contributed by atoms with Gasteiger partial charge < -0.3 is 62.1 Å². The van der Waals surface area contributed by atoms with E-state index in [1.54, 1.807) is 14.0 Å². The third kappa shape index (κ3) is 8.45. The third-order valence-electron chi connectivity index (χ3n) is 7.26. The first-order valence-corrected chi connectivity index (χ1v) is 13.9. The predicted octanol–water partition coefficient (Wildman–Crippen LogP) is -3.63. The van der Waals surface area contributed by atoms with Crippen molar-refractivity contribution in [1.82, 2.24) is 10.6 Å². The molecule has 0 amide bonds. The highest BCUT2D eigenvalue weighted by molar-refractivity contribution is 7.79. The fourth-order valence-corrected chi connectivity index (χ4v) is 5.06. The molecule has 38 heavy (non-hydrogen) atoms. The van der Waals surface area contributed by atoms with Crippen LogP contribution in [-0.4, -0.2) is 126 Å². The lowest BCUT2D eigenvalue weighted by Gasteiger charge is -2.53. The smallest absolute Gasteiger partial charge is 0.387 e. The molecule has 2 saturated heterocycles. The second kappa shape index (κ2) is 13.4. The first-order chi connectivity index (χ1) is 17.4. The zero-order valence-electron chi connectivity index (χ0n) is 22.1. The molecule has 12 atom stereocenters. The molecule has 3 rings (SSSR count). The van der Waals surface area contributed by atoms with Crippen LogP contribution in [-0.2, 0) is 29.3 Å². The van der Waals surface area contributed by atoms with Gasteiger partial charge in [0.1, 0.15) is 17.8 Å². The highest BCUT2D eigenvalue weighted by atomic mass is 32.3. The van der Waals surface area contributed by atoms with Gasteiger partial charge in [-0.3, -0.25) is 9.11 Å². The Hall–Kier alpha value is -0.610. The number of nitrogens with two attached hydrogens (primary N) is 3. The molecule has 226 valence electrons. The minimum atomic E-state index is -4.67. The highest BCUT2D eigenvalue weighted by Gasteiger charge is 2.57. The summed E-state index contributed by atoms with van der Waals surface area (Å²) in [4.78, 5) is 0. The monoisotopic (exact) mass is 575 g/mol. The third-order valence-corrected chi connectivity index (χ3v) is 7.26. The largest absolute Gasteiger partial charge is 0.394 e. The van der Waals surface area contributed by atoms with Crippen molar-refractivity contribution in [2.75, 3.05) is 20.7 Å². The second-order valence-electron chi connectivity index (χ2n) is 10.4. The van der Waals surface area contributed by atoms with Crippen molar-refractivity contribution >= 4 is 10.4 Å². The molecule has 13 N–H and O–H groups in total. The molecule has 3 fully saturated rings. The van der Waals surface area contributed by atoms with Gasteiger partial charge in [0.25, 0.3) is 0 Å². The number of likely N-dealkylation sites (N-methyl/N-ethyl adjacent to an activating group) is 2. The van der Waals surface area contributed by atoms with Gasteiger partial charge in [0.15, 0.2) is 12.6 Å². The summed E-state index contributed by atoms with van der Waals surface area (Å²) in [6, 6.07) is -2.36. The van der Waals surface area contributed by atoms with E-state index in [0.717, 1.165) is 6.42 Å². The van der Waals surface area contributed by atoms with Crippen LogP contribution in [0, 0.1) is 0 Å². The van der Waals surface area contributed by atoms with Gasteiger partial charge in [-0.25, -0.2) is 0 Å². The maximum Gasteiger partial charge on any atom is 0.394 e. The summed E-state index contributed by atoms with van der Waals surface area (Å²) in [5.41, 5.74) is 17.5. The second-order valence-corrected chi connectivity index (χ2v) is 11.3. The van der Waals surface area contributed by atoms with Gasteiger partial charge in [0.2, 0.25) is 5.79 Å². The molecule has 0 aromatic rings. The van der Waals surface area contributed by atoms with E-state index in [9.17, 15) is 15.3 Å². The van der Waals surface area contributed by atoms with Crippen molar-refractivity contribution < 1.29 is 51.8 Å². The number of rotatable bonds is 7. The number of ether oxygens (including phenoxy) is 4. The zero-order chi connectivity index (χ0) is 29.1. The summed E-state index contributed by atoms with van der Waals surface area (Å²) in [5, 5.41) is 38.7. The van der Waals surface area contributed by atoms with Crippen LogP contribution < -0.4 is 27.8 Å². The Morgan fingerprint density at radius 3 is 2.16 bits per heavy atom. The highest BCUT2D eigenvalue weighted by Crippen LogP contribution is 2.39. The van der Waals surface area contributed by atoms with Crippen molar-refractivity contribution in [3.63, 3.8) is 0 Å². The fraction of sp³-hybridized carbons (Fsp3) is 1.00. The standard InChI is InChI=1S/C21H43N5O7.H2O4S/c1-10(25-3)13-6-5-12(23)18(31-13)32-21(14(24)7-11(22)8-15(21)27)33-19-16(28)17(26-4)20(2,29)9-30-19;1-5(2,3)4/h10-19,25-29H,5-9,22-24H2,1-4H3;(H2,1,2,3,4)/t10?,11-,12+,13-,14+,15+,16-,17+,18+,19+,20-,21-;/m0./s1. The zero-order valence-corrected chi connectivity index (χ0v) is 23.0. The molecule has 1 saturated carbocycles. The van der Waals surface area contributed by atoms with E-state index in [1.165, 1.54) is 0 Å². The fourth-order valence-electron chi connectivity index (χ4n) is 5.06. The number of nitrogens with one attached hydrogen (secondary N) is 2. The van der Waals surface area contributed by atoms with Crippen LogP contribution in [0.15, 0.2) is 0 Å². The van der Waals surface area contributed by atoms with E-state index in [-0.39, 0.29) is 31.2 Å². The Morgan fingerprint density at radius 2 is 1.63 bits per heavy atom. The van der Waals surface area contributed by atoms with Crippen LogP contribution in [0.3, 0.4) is 0 Å². The van der Waals surface area contributed by atoms with Crippen molar-refractivity contribution in [1.29, 1.82) is 0 Å². The van der Waals surface area contributed by atoms with Gasteiger partial charge in [-0.1, -0.05) is 0 Å². The Morgan fingerprint density at radius 1 is 1.05 bits per heavy atom. The van der Waals surface area contributed by atoms with Crippen LogP contribution in [0.5, 0.6) is 0 Å². The molecule has 1 unspecified atom stereocenters. The molecule has 2 heterocycles. The van der Waals surface area contributed by atoms with Gasteiger partial charge in [-0.05, 0) is 53.6 Å². The molecule has 0 spiro atoms. The Labute approximate surface area is 223 Å². The Balaban J connectivity index is 0.000000926. The van der Waals surface area contributed by atoms with Crippen molar-refractivity contribution in [3.05, 3.63) is 0 Å². The van der Waals surface area contributed by atoms with E-state index >= 15 is 0 Å². The van der Waals surface area contributed by atoms with Crippen LogP contribution in [0.25, 0.3) is 0 Å². The van der Waals surface area contributed by atoms with Gasteiger partial charge in [-0.2, -0.15) is 8.42 Å². The first kappa shape index (κ1) is 33.6. The molecule has 16 nitrogen and oxygen atoms in total. The maximum absolute atomic E-state index is 11.1. The van der Waals surface area contributed by atoms with Crippen molar-refractivity contribution in [3.8, 4) is 0 Å². The summed E-state index contributed by atoms with van der Waals surface area (Å²) < 4.78 is 55.9. The van der Waals surface area contributed by atoms with Crippen molar-refractivity contribution in [2.45, 2.75) is 112 Å². The number of hydrogen-bond donors (Lipinski definition) is 10. The van der Waals surface area contributed by atoms with Gasteiger partial charge in [0.05, 0.1) is 30.8 Å². The van der Waals surface area contributed by atoms with Crippen molar-refractivity contribution in [2.24, 2.45) is 17.2 Å². The summed E-state index contributed by atoms with van der Waals surface area (Å²) in [6.07, 6.45) is -2.91. The molecule has 3 aliphatic rings. The normalized spacial score (nSPS) is 45.1.